The van der Waals surface area contributed by atoms with Gasteiger partial charge in [-0.25, -0.2) is 8.42 Å². The molecule has 2 aromatic carbocycles. The summed E-state index contributed by atoms with van der Waals surface area (Å²) in [7, 11) is -1.42. The quantitative estimate of drug-likeness (QED) is 0.527. The Morgan fingerprint density at radius 2 is 1.70 bits per heavy atom. The lowest BCUT2D eigenvalue weighted by molar-refractivity contribution is 0.281. The van der Waals surface area contributed by atoms with Crippen molar-refractivity contribution in [1.29, 1.82) is 0 Å². The maximum atomic E-state index is 12.3. The molecule has 0 amide bonds. The highest BCUT2D eigenvalue weighted by Gasteiger charge is 2.14. The third-order valence-corrected chi connectivity index (χ3v) is 5.57. The van der Waals surface area contributed by atoms with E-state index < -0.39 is 9.84 Å². The van der Waals surface area contributed by atoms with E-state index in [9.17, 15) is 8.42 Å². The lowest BCUT2D eigenvalue weighted by atomic mass is 10.3. The normalized spacial score (nSPS) is 11.9. The SMILES string of the molecule is CCNC(=NCCS(=O)(=O)c1ccccc1)N(C)CCOc1ccccc1. The number of hydrogen-bond donors (Lipinski definition) is 1. The number of benzene rings is 2. The highest BCUT2D eigenvalue weighted by Crippen LogP contribution is 2.10. The summed E-state index contributed by atoms with van der Waals surface area (Å²) in [4.78, 5) is 6.71. The van der Waals surface area contributed by atoms with Crippen molar-refractivity contribution < 1.29 is 13.2 Å². The summed E-state index contributed by atoms with van der Waals surface area (Å²) >= 11 is 0. The standard InChI is InChI=1S/C20H27N3O3S/c1-3-21-20(23(2)15-16-26-18-10-6-4-7-11-18)22-14-17-27(24,25)19-12-8-5-9-13-19/h4-13H,3,14-17H2,1-2H3,(H,21,22). The van der Waals surface area contributed by atoms with E-state index in [-0.39, 0.29) is 12.3 Å². The molecule has 6 nitrogen and oxygen atoms in total. The van der Waals surface area contributed by atoms with Crippen LogP contribution in [0.25, 0.3) is 0 Å². The Bertz CT molecular complexity index is 809. The number of aliphatic imine (C=N–C) groups is 1. The summed E-state index contributed by atoms with van der Waals surface area (Å²) in [6.45, 7) is 4.02. The summed E-state index contributed by atoms with van der Waals surface area (Å²) in [5.74, 6) is 1.46. The van der Waals surface area contributed by atoms with Crippen molar-refractivity contribution >= 4 is 15.8 Å². The van der Waals surface area contributed by atoms with E-state index in [1.165, 1.54) is 0 Å². The first-order valence-electron chi connectivity index (χ1n) is 8.98. The Morgan fingerprint density at radius 1 is 1.07 bits per heavy atom. The van der Waals surface area contributed by atoms with Crippen LogP contribution in [0.4, 0.5) is 0 Å². The molecule has 2 rings (SSSR count). The van der Waals surface area contributed by atoms with E-state index in [1.807, 2.05) is 49.2 Å². The van der Waals surface area contributed by atoms with Crippen molar-refractivity contribution in [3.05, 3.63) is 60.7 Å². The molecule has 0 aromatic heterocycles. The molecule has 0 atom stereocenters. The van der Waals surface area contributed by atoms with Crippen LogP contribution in [0.2, 0.25) is 0 Å². The topological polar surface area (TPSA) is 71.0 Å². The van der Waals surface area contributed by atoms with E-state index in [1.54, 1.807) is 30.3 Å². The summed E-state index contributed by atoms with van der Waals surface area (Å²) in [6.07, 6.45) is 0. The molecule has 0 saturated heterocycles. The number of nitrogens with zero attached hydrogens (tertiary/aromatic N) is 2. The maximum absolute atomic E-state index is 12.3. The van der Waals surface area contributed by atoms with Crippen LogP contribution in [0.15, 0.2) is 70.6 Å². The third-order valence-electron chi connectivity index (χ3n) is 3.86. The zero-order valence-electron chi connectivity index (χ0n) is 15.8. The zero-order valence-corrected chi connectivity index (χ0v) is 16.7. The van der Waals surface area contributed by atoms with E-state index in [0.717, 1.165) is 5.75 Å². The molecule has 1 N–H and O–H groups in total. The van der Waals surface area contributed by atoms with Gasteiger partial charge in [-0.3, -0.25) is 4.99 Å². The minimum atomic E-state index is -3.33. The van der Waals surface area contributed by atoms with Gasteiger partial charge in [0.1, 0.15) is 12.4 Å². The molecule has 7 heteroatoms. The van der Waals surface area contributed by atoms with Gasteiger partial charge in [-0.15, -0.1) is 0 Å². The summed E-state index contributed by atoms with van der Waals surface area (Å²) in [5, 5.41) is 3.18. The fraction of sp³-hybridized carbons (Fsp3) is 0.350. The van der Waals surface area contributed by atoms with E-state index >= 15 is 0 Å². The van der Waals surface area contributed by atoms with Crippen LogP contribution in [0.3, 0.4) is 0 Å². The van der Waals surface area contributed by atoms with Crippen molar-refractivity contribution in [3.63, 3.8) is 0 Å². The van der Waals surface area contributed by atoms with Gasteiger partial charge in [0.05, 0.1) is 23.7 Å². The Labute approximate surface area is 161 Å². The first-order valence-corrected chi connectivity index (χ1v) is 10.6. The predicted molar refractivity (Wildman–Crippen MR) is 109 cm³/mol. The van der Waals surface area contributed by atoms with Crippen molar-refractivity contribution in [1.82, 2.24) is 10.2 Å². The Morgan fingerprint density at radius 3 is 2.33 bits per heavy atom. The average Bonchev–Trinajstić information content (AvgIpc) is 2.68. The highest BCUT2D eigenvalue weighted by atomic mass is 32.2. The van der Waals surface area contributed by atoms with Crippen LogP contribution in [-0.2, 0) is 9.84 Å². The van der Waals surface area contributed by atoms with Gasteiger partial charge in [0.15, 0.2) is 15.8 Å². The molecule has 0 spiro atoms. The van der Waals surface area contributed by atoms with Crippen LogP contribution >= 0.6 is 0 Å². The number of ether oxygens (including phenoxy) is 1. The van der Waals surface area contributed by atoms with Gasteiger partial charge in [0, 0.05) is 13.6 Å². The van der Waals surface area contributed by atoms with Crippen LogP contribution in [-0.4, -0.2) is 58.3 Å². The summed E-state index contributed by atoms with van der Waals surface area (Å²) < 4.78 is 30.4. The van der Waals surface area contributed by atoms with E-state index in [4.69, 9.17) is 4.74 Å². The van der Waals surface area contributed by atoms with Gasteiger partial charge in [-0.1, -0.05) is 36.4 Å². The lowest BCUT2D eigenvalue weighted by Crippen LogP contribution is -2.41. The second-order valence-corrected chi connectivity index (χ2v) is 8.06. The minimum Gasteiger partial charge on any atom is -0.492 e. The summed E-state index contributed by atoms with van der Waals surface area (Å²) in [6, 6.07) is 18.1. The number of guanidine groups is 1. The third kappa shape index (κ3) is 6.94. The minimum absolute atomic E-state index is 0.0275. The lowest BCUT2D eigenvalue weighted by Gasteiger charge is -2.22. The van der Waals surface area contributed by atoms with Crippen LogP contribution in [0, 0.1) is 0 Å². The second kappa shape index (κ2) is 10.6. The van der Waals surface area contributed by atoms with Gasteiger partial charge in [0.25, 0.3) is 0 Å². The van der Waals surface area contributed by atoms with Crippen molar-refractivity contribution in [3.8, 4) is 5.75 Å². The van der Waals surface area contributed by atoms with E-state index in [2.05, 4.69) is 10.3 Å². The molecule has 27 heavy (non-hydrogen) atoms. The monoisotopic (exact) mass is 389 g/mol. The molecule has 0 aliphatic heterocycles. The molecule has 0 bridgehead atoms. The first-order chi connectivity index (χ1) is 13.0. The fourth-order valence-corrected chi connectivity index (χ4v) is 3.55. The van der Waals surface area contributed by atoms with Gasteiger partial charge >= 0.3 is 0 Å². The van der Waals surface area contributed by atoms with Gasteiger partial charge in [-0.2, -0.15) is 0 Å². The Hall–Kier alpha value is -2.54. The Kier molecular flexibility index (Phi) is 8.13. The van der Waals surface area contributed by atoms with Crippen molar-refractivity contribution in [2.24, 2.45) is 4.99 Å². The molecule has 2 aromatic rings. The van der Waals surface area contributed by atoms with Crippen molar-refractivity contribution in [2.75, 3.05) is 39.0 Å². The van der Waals surface area contributed by atoms with Crippen molar-refractivity contribution in [2.45, 2.75) is 11.8 Å². The highest BCUT2D eigenvalue weighted by molar-refractivity contribution is 7.91. The molecule has 146 valence electrons. The molecule has 0 aliphatic rings. The number of hydrogen-bond acceptors (Lipinski definition) is 4. The molecule has 0 unspecified atom stereocenters. The largest absolute Gasteiger partial charge is 0.492 e. The van der Waals surface area contributed by atoms with Gasteiger partial charge in [0.2, 0.25) is 0 Å². The molecular formula is C20H27N3O3S. The number of rotatable bonds is 9. The Balaban J connectivity index is 1.88. The average molecular weight is 390 g/mol. The summed E-state index contributed by atoms with van der Waals surface area (Å²) in [5.41, 5.74) is 0. The molecule has 0 aliphatic carbocycles. The van der Waals surface area contributed by atoms with Crippen LogP contribution in [0.1, 0.15) is 6.92 Å². The molecule has 0 radical (unpaired) electrons. The number of para-hydroxylation sites is 1. The first kappa shape index (κ1) is 20.8. The van der Waals surface area contributed by atoms with Gasteiger partial charge in [-0.05, 0) is 31.2 Å². The molecule has 0 heterocycles. The second-order valence-electron chi connectivity index (χ2n) is 5.95. The number of sulfone groups is 1. The van der Waals surface area contributed by atoms with E-state index in [0.29, 0.717) is 30.6 Å². The number of likely N-dealkylation sites (N-methyl/N-ethyl adjacent to an activating group) is 1. The zero-order chi connectivity index (χ0) is 19.5. The fourth-order valence-electron chi connectivity index (χ4n) is 2.41. The van der Waals surface area contributed by atoms with Crippen LogP contribution < -0.4 is 10.1 Å². The molecule has 0 saturated carbocycles. The molecular weight excluding hydrogens is 362 g/mol. The molecule has 0 fully saturated rings. The van der Waals surface area contributed by atoms with Gasteiger partial charge < -0.3 is 15.0 Å². The predicted octanol–water partition coefficient (Wildman–Crippen LogP) is 2.44. The number of nitrogens with one attached hydrogen (secondary N) is 1. The van der Waals surface area contributed by atoms with Crippen LogP contribution in [0.5, 0.6) is 5.75 Å². The maximum Gasteiger partial charge on any atom is 0.193 e. The smallest absolute Gasteiger partial charge is 0.193 e.